The maximum atomic E-state index is 4.95. The predicted octanol–water partition coefficient (Wildman–Crippen LogP) is 5.27. The van der Waals surface area contributed by atoms with Gasteiger partial charge in [0.25, 0.3) is 0 Å². The van der Waals surface area contributed by atoms with Gasteiger partial charge in [0.15, 0.2) is 0 Å². The van der Waals surface area contributed by atoms with E-state index in [1.54, 1.807) is 11.9 Å². The molecule has 0 aliphatic carbocycles. The molecule has 184 valence electrons. The van der Waals surface area contributed by atoms with Crippen molar-refractivity contribution in [2.24, 2.45) is 0 Å². The quantitative estimate of drug-likeness (QED) is 0.349. The van der Waals surface area contributed by atoms with Gasteiger partial charge in [-0.25, -0.2) is 9.97 Å². The van der Waals surface area contributed by atoms with Crippen molar-refractivity contribution in [2.45, 2.75) is 18.2 Å². The molecule has 0 saturated carbocycles. The third-order valence-corrected chi connectivity index (χ3v) is 7.83. The number of hydrogen-bond donors (Lipinski definition) is 2. The number of benzene rings is 2. The number of nitrogens with zero attached hydrogens (tertiary/aromatic N) is 6. The predicted molar refractivity (Wildman–Crippen MR) is 148 cm³/mol. The lowest BCUT2D eigenvalue weighted by Crippen LogP contribution is -2.44. The Morgan fingerprint density at radius 1 is 1.00 bits per heavy atom. The second kappa shape index (κ2) is 9.83. The Labute approximate surface area is 215 Å². The van der Waals surface area contributed by atoms with Crippen LogP contribution in [0.3, 0.4) is 0 Å². The van der Waals surface area contributed by atoms with Crippen molar-refractivity contribution in [3.8, 4) is 22.4 Å². The first-order valence-corrected chi connectivity index (χ1v) is 13.2. The van der Waals surface area contributed by atoms with Crippen LogP contribution in [0.5, 0.6) is 0 Å². The topological polar surface area (TPSA) is 76.2 Å². The fourth-order valence-electron chi connectivity index (χ4n) is 4.70. The third kappa shape index (κ3) is 4.52. The van der Waals surface area contributed by atoms with Gasteiger partial charge in [0.05, 0.1) is 22.5 Å². The van der Waals surface area contributed by atoms with Crippen LogP contribution in [0.25, 0.3) is 22.4 Å². The zero-order valence-electron chi connectivity index (χ0n) is 20.6. The van der Waals surface area contributed by atoms with Crippen LogP contribution in [0.4, 0.5) is 23.0 Å². The molecule has 2 N–H and O–H groups in total. The van der Waals surface area contributed by atoms with E-state index in [0.717, 1.165) is 72.1 Å². The van der Waals surface area contributed by atoms with Crippen LogP contribution in [-0.4, -0.2) is 64.8 Å². The lowest BCUT2D eigenvalue weighted by Gasteiger charge is -2.34. The van der Waals surface area contributed by atoms with Crippen LogP contribution in [0.2, 0.25) is 0 Å². The number of aromatic amines is 1. The normalized spacial score (nSPS) is 15.5. The first-order chi connectivity index (χ1) is 17.7. The summed E-state index contributed by atoms with van der Waals surface area (Å²) >= 11 is 1.71. The zero-order chi connectivity index (χ0) is 24.5. The van der Waals surface area contributed by atoms with Gasteiger partial charge < -0.3 is 19.4 Å². The fraction of sp³-hybridized carbons (Fsp3) is 0.296. The first-order valence-electron chi connectivity index (χ1n) is 12.4. The molecule has 0 atom stereocenters. The van der Waals surface area contributed by atoms with Crippen molar-refractivity contribution in [1.29, 1.82) is 0 Å². The monoisotopic (exact) mass is 498 g/mol. The van der Waals surface area contributed by atoms with E-state index in [-0.39, 0.29) is 0 Å². The summed E-state index contributed by atoms with van der Waals surface area (Å²) < 4.78 is 2.34. The van der Waals surface area contributed by atoms with Crippen LogP contribution in [-0.2, 0) is 0 Å². The molecule has 0 amide bonds. The summed E-state index contributed by atoms with van der Waals surface area (Å²) in [5.41, 5.74) is 7.73. The maximum Gasteiger partial charge on any atom is 0.227 e. The summed E-state index contributed by atoms with van der Waals surface area (Å²) in [5.74, 6) is 0.607. The molecule has 2 aromatic carbocycles. The summed E-state index contributed by atoms with van der Waals surface area (Å²) in [6, 6.07) is 15.1. The molecule has 0 spiro atoms. The van der Waals surface area contributed by atoms with E-state index >= 15 is 0 Å². The molecule has 2 aliphatic rings. The van der Waals surface area contributed by atoms with Crippen LogP contribution in [0.15, 0.2) is 66.0 Å². The van der Waals surface area contributed by atoms with E-state index in [4.69, 9.17) is 4.98 Å². The van der Waals surface area contributed by atoms with Gasteiger partial charge in [0.1, 0.15) is 0 Å². The average molecular weight is 499 g/mol. The summed E-state index contributed by atoms with van der Waals surface area (Å²) in [5, 5.41) is 10.4. The van der Waals surface area contributed by atoms with Crippen LogP contribution < -0.4 is 14.5 Å². The molecule has 0 bridgehead atoms. The van der Waals surface area contributed by atoms with Crippen LogP contribution in [0.1, 0.15) is 13.3 Å². The van der Waals surface area contributed by atoms with E-state index in [0.29, 0.717) is 5.95 Å². The number of hydrogen-bond acceptors (Lipinski definition) is 8. The number of aromatic nitrogens is 4. The zero-order valence-corrected chi connectivity index (χ0v) is 21.4. The second-order valence-electron chi connectivity index (χ2n) is 9.28. The van der Waals surface area contributed by atoms with Gasteiger partial charge in [0.2, 0.25) is 5.95 Å². The fourth-order valence-corrected chi connectivity index (χ4v) is 5.81. The van der Waals surface area contributed by atoms with E-state index in [2.05, 4.69) is 91.0 Å². The largest absolute Gasteiger partial charge is 0.369 e. The molecule has 2 aliphatic heterocycles. The van der Waals surface area contributed by atoms with Gasteiger partial charge in [-0.15, -0.1) is 0 Å². The lowest BCUT2D eigenvalue weighted by molar-refractivity contribution is 0.313. The SMILES string of the molecule is CCCN1Sc2cnc(Nc3ccc(N4CCN(C)CC4)cc3)nc2-c2ccc(-c3cn[nH]c3)cc21. The van der Waals surface area contributed by atoms with Crippen molar-refractivity contribution in [2.75, 3.05) is 54.3 Å². The number of H-pyrrole nitrogens is 1. The molecular formula is C27H30N8S. The molecule has 9 heteroatoms. The Morgan fingerprint density at radius 3 is 2.58 bits per heavy atom. The van der Waals surface area contributed by atoms with Gasteiger partial charge in [-0.2, -0.15) is 5.10 Å². The van der Waals surface area contributed by atoms with Gasteiger partial charge in [-0.05, 0) is 61.3 Å². The molecule has 1 fully saturated rings. The summed E-state index contributed by atoms with van der Waals surface area (Å²) in [7, 11) is 2.18. The number of piperazine rings is 1. The Hall–Kier alpha value is -3.56. The highest BCUT2D eigenvalue weighted by atomic mass is 32.2. The minimum absolute atomic E-state index is 0.607. The maximum absolute atomic E-state index is 4.95. The van der Waals surface area contributed by atoms with Crippen molar-refractivity contribution in [3.63, 3.8) is 0 Å². The highest BCUT2D eigenvalue weighted by molar-refractivity contribution is 8.00. The third-order valence-electron chi connectivity index (χ3n) is 6.74. The minimum atomic E-state index is 0.607. The molecule has 6 rings (SSSR count). The van der Waals surface area contributed by atoms with E-state index < -0.39 is 0 Å². The molecule has 0 unspecified atom stereocenters. The van der Waals surface area contributed by atoms with Gasteiger partial charge in [-0.1, -0.05) is 19.1 Å². The smallest absolute Gasteiger partial charge is 0.227 e. The standard InChI is InChI=1S/C27H30N8S/c1-3-10-35-24-15-19(20-16-29-30-17-20)4-9-23(24)26-25(36-35)18-28-27(32-26)31-21-5-7-22(8-6-21)34-13-11-33(2)12-14-34/h4-9,15-18H,3,10-14H2,1-2H3,(H,29,30)(H,28,31,32). The molecule has 4 aromatic rings. The van der Waals surface area contributed by atoms with Crippen LogP contribution >= 0.6 is 11.9 Å². The second-order valence-corrected chi connectivity index (χ2v) is 10.3. The van der Waals surface area contributed by atoms with Gasteiger partial charge in [0, 0.05) is 67.6 Å². The summed E-state index contributed by atoms with van der Waals surface area (Å²) in [6.45, 7) is 7.47. The number of nitrogens with one attached hydrogen (secondary N) is 2. The van der Waals surface area contributed by atoms with Gasteiger partial charge >= 0.3 is 0 Å². The van der Waals surface area contributed by atoms with E-state index in [9.17, 15) is 0 Å². The first kappa shape index (κ1) is 22.9. The number of likely N-dealkylation sites (N-methyl/N-ethyl adjacent to an activating group) is 1. The molecule has 0 radical (unpaired) electrons. The van der Waals surface area contributed by atoms with Crippen molar-refractivity contribution < 1.29 is 0 Å². The molecule has 36 heavy (non-hydrogen) atoms. The number of anilines is 4. The van der Waals surface area contributed by atoms with Gasteiger partial charge in [-0.3, -0.25) is 5.10 Å². The highest BCUT2D eigenvalue weighted by Gasteiger charge is 2.25. The van der Waals surface area contributed by atoms with Crippen molar-refractivity contribution in [3.05, 3.63) is 61.1 Å². The Kier molecular flexibility index (Phi) is 6.25. The molecular weight excluding hydrogens is 468 g/mol. The van der Waals surface area contributed by atoms with E-state index in [1.165, 1.54) is 11.4 Å². The number of fused-ring (bicyclic) bond motifs is 3. The van der Waals surface area contributed by atoms with Crippen LogP contribution in [0, 0.1) is 0 Å². The average Bonchev–Trinajstić information content (AvgIpc) is 3.45. The molecule has 4 heterocycles. The Bertz CT molecular complexity index is 1330. The minimum Gasteiger partial charge on any atom is -0.369 e. The van der Waals surface area contributed by atoms with Crippen molar-refractivity contribution in [1.82, 2.24) is 25.1 Å². The lowest BCUT2D eigenvalue weighted by atomic mass is 10.0. The Morgan fingerprint density at radius 2 is 1.83 bits per heavy atom. The summed E-state index contributed by atoms with van der Waals surface area (Å²) in [4.78, 5) is 15.5. The number of rotatable bonds is 6. The molecule has 1 saturated heterocycles. The highest BCUT2D eigenvalue weighted by Crippen LogP contribution is 2.47. The molecule has 2 aromatic heterocycles. The van der Waals surface area contributed by atoms with E-state index in [1.807, 2.05) is 18.6 Å². The van der Waals surface area contributed by atoms with Crippen molar-refractivity contribution >= 4 is 35.0 Å². The molecule has 8 nitrogen and oxygen atoms in total. The Balaban J connectivity index is 1.26. The summed E-state index contributed by atoms with van der Waals surface area (Å²) in [6.07, 6.45) is 6.77.